The van der Waals surface area contributed by atoms with Crippen LogP contribution in [-0.2, 0) is 16.1 Å². The third kappa shape index (κ3) is 5.20. The minimum atomic E-state index is 0.0464. The van der Waals surface area contributed by atoms with E-state index in [0.717, 1.165) is 55.4 Å². The van der Waals surface area contributed by atoms with Crippen LogP contribution in [0.1, 0.15) is 31.4 Å². The molecule has 1 amide bonds. The fraction of sp³-hybridized carbons (Fsp3) is 0.400. The number of furan rings is 1. The van der Waals surface area contributed by atoms with Crippen molar-refractivity contribution in [3.8, 4) is 5.69 Å². The van der Waals surface area contributed by atoms with Crippen LogP contribution in [0.5, 0.6) is 0 Å². The maximum Gasteiger partial charge on any atom is 0.237 e. The number of carbonyl (C=O) groups is 1. The second-order valence-corrected chi connectivity index (χ2v) is 9.28. The number of nitrogens with zero attached hydrogens (tertiary/aromatic N) is 5. The van der Waals surface area contributed by atoms with Crippen molar-refractivity contribution in [2.75, 3.05) is 37.0 Å². The lowest BCUT2D eigenvalue weighted by Crippen LogP contribution is -2.37. The average Bonchev–Trinajstić information content (AvgIpc) is 3.57. The first-order valence-corrected chi connectivity index (χ1v) is 12.8. The fourth-order valence-electron chi connectivity index (χ4n) is 4.31. The van der Waals surface area contributed by atoms with Crippen LogP contribution in [0.25, 0.3) is 5.69 Å². The number of rotatable bonds is 8. The van der Waals surface area contributed by atoms with Gasteiger partial charge in [-0.2, -0.15) is 0 Å². The largest absolute Gasteiger partial charge is 0.467 e. The number of para-hydroxylation sites is 1. The Morgan fingerprint density at radius 3 is 2.65 bits per heavy atom. The summed E-state index contributed by atoms with van der Waals surface area (Å²) in [6.45, 7) is 3.31. The molecule has 8 nitrogen and oxygen atoms in total. The van der Waals surface area contributed by atoms with Crippen LogP contribution in [0.3, 0.4) is 0 Å². The molecule has 178 valence electrons. The standard InChI is InChI=1S/C25H29N5O3S/c31-23(29(18-22-12-7-15-33-22)20-8-3-1-4-9-20)19-34-25-27-26-24(28-13-16-32-17-14-28)30(25)21-10-5-2-6-11-21/h2,5-8,10-12,15H,1,3-4,9,13-14,16-19H2. The Labute approximate surface area is 203 Å². The van der Waals surface area contributed by atoms with Gasteiger partial charge in [0.2, 0.25) is 11.9 Å². The van der Waals surface area contributed by atoms with Gasteiger partial charge in [-0.1, -0.05) is 36.0 Å². The van der Waals surface area contributed by atoms with E-state index in [-0.39, 0.29) is 11.7 Å². The van der Waals surface area contributed by atoms with Gasteiger partial charge in [0.1, 0.15) is 5.76 Å². The number of ether oxygens (including phenoxy) is 1. The van der Waals surface area contributed by atoms with E-state index in [2.05, 4.69) is 21.2 Å². The molecule has 3 heterocycles. The summed E-state index contributed by atoms with van der Waals surface area (Å²) >= 11 is 1.42. The number of hydrogen-bond donors (Lipinski definition) is 0. The van der Waals surface area contributed by atoms with Crippen molar-refractivity contribution >= 4 is 23.6 Å². The van der Waals surface area contributed by atoms with Crippen molar-refractivity contribution in [1.82, 2.24) is 19.7 Å². The Morgan fingerprint density at radius 2 is 1.91 bits per heavy atom. The average molecular weight is 480 g/mol. The second-order valence-electron chi connectivity index (χ2n) is 8.34. The molecule has 1 fully saturated rings. The van der Waals surface area contributed by atoms with Gasteiger partial charge in [-0.05, 0) is 49.9 Å². The van der Waals surface area contributed by atoms with E-state index in [1.54, 1.807) is 6.26 Å². The fourth-order valence-corrected chi connectivity index (χ4v) is 5.13. The molecule has 1 aliphatic heterocycles. The lowest BCUT2D eigenvalue weighted by Gasteiger charge is -2.28. The maximum atomic E-state index is 13.4. The summed E-state index contributed by atoms with van der Waals surface area (Å²) in [5.41, 5.74) is 2.07. The molecule has 0 unspecified atom stereocenters. The molecule has 5 rings (SSSR count). The van der Waals surface area contributed by atoms with Crippen molar-refractivity contribution in [2.24, 2.45) is 0 Å². The Hall–Kier alpha value is -3.04. The molecular formula is C25H29N5O3S. The van der Waals surface area contributed by atoms with Crippen molar-refractivity contribution in [2.45, 2.75) is 37.4 Å². The van der Waals surface area contributed by atoms with E-state index in [9.17, 15) is 4.79 Å². The first-order valence-electron chi connectivity index (χ1n) is 11.8. The van der Waals surface area contributed by atoms with Crippen LogP contribution in [0.4, 0.5) is 5.95 Å². The number of morpholine rings is 1. The molecule has 2 aliphatic rings. The van der Waals surface area contributed by atoms with Gasteiger partial charge < -0.3 is 19.0 Å². The second kappa shape index (κ2) is 10.9. The van der Waals surface area contributed by atoms with Gasteiger partial charge >= 0.3 is 0 Å². The molecule has 2 aromatic heterocycles. The lowest BCUT2D eigenvalue weighted by molar-refractivity contribution is -0.127. The quantitative estimate of drug-likeness (QED) is 0.447. The summed E-state index contributed by atoms with van der Waals surface area (Å²) in [6, 6.07) is 13.8. The molecule has 0 saturated carbocycles. The molecule has 34 heavy (non-hydrogen) atoms. The summed E-state index contributed by atoms with van der Waals surface area (Å²) in [7, 11) is 0. The highest BCUT2D eigenvalue weighted by molar-refractivity contribution is 7.99. The lowest BCUT2D eigenvalue weighted by atomic mass is 10.0. The van der Waals surface area contributed by atoms with Gasteiger partial charge in [-0.25, -0.2) is 0 Å². The van der Waals surface area contributed by atoms with Gasteiger partial charge in [0.25, 0.3) is 0 Å². The van der Waals surface area contributed by atoms with Crippen LogP contribution in [0.2, 0.25) is 0 Å². The van der Waals surface area contributed by atoms with Crippen LogP contribution in [0, 0.1) is 0 Å². The summed E-state index contributed by atoms with van der Waals surface area (Å²) in [4.78, 5) is 17.5. The molecule has 1 aliphatic carbocycles. The van der Waals surface area contributed by atoms with Crippen LogP contribution in [0.15, 0.2) is 70.1 Å². The van der Waals surface area contributed by atoms with Crippen molar-refractivity contribution in [3.05, 3.63) is 66.3 Å². The predicted molar refractivity (Wildman–Crippen MR) is 131 cm³/mol. The van der Waals surface area contributed by atoms with E-state index in [1.165, 1.54) is 18.2 Å². The van der Waals surface area contributed by atoms with Gasteiger partial charge in [0.05, 0.1) is 37.5 Å². The van der Waals surface area contributed by atoms with E-state index in [1.807, 2.05) is 51.9 Å². The number of anilines is 1. The Balaban J connectivity index is 1.37. The Bertz CT molecular complexity index is 1110. The molecule has 0 atom stereocenters. The van der Waals surface area contributed by atoms with Gasteiger partial charge in [0, 0.05) is 18.8 Å². The number of thioether (sulfide) groups is 1. The zero-order valence-electron chi connectivity index (χ0n) is 19.1. The highest BCUT2D eigenvalue weighted by atomic mass is 32.2. The van der Waals surface area contributed by atoms with E-state index >= 15 is 0 Å². The van der Waals surface area contributed by atoms with Gasteiger partial charge in [-0.3, -0.25) is 9.36 Å². The number of amides is 1. The minimum absolute atomic E-state index is 0.0464. The number of benzene rings is 1. The Morgan fingerprint density at radius 1 is 1.06 bits per heavy atom. The molecular weight excluding hydrogens is 450 g/mol. The summed E-state index contributed by atoms with van der Waals surface area (Å²) in [6.07, 6.45) is 8.04. The third-order valence-electron chi connectivity index (χ3n) is 6.06. The number of allylic oxidation sites excluding steroid dienone is 2. The first kappa shape index (κ1) is 22.7. The first-order chi connectivity index (χ1) is 16.8. The molecule has 1 aromatic carbocycles. The SMILES string of the molecule is O=C(CSc1nnc(N2CCOCC2)n1-c1ccccc1)N(Cc1ccco1)C1=CCCCC1. The number of carbonyl (C=O) groups excluding carboxylic acids is 1. The smallest absolute Gasteiger partial charge is 0.237 e. The van der Waals surface area contributed by atoms with Gasteiger partial charge in [0.15, 0.2) is 5.16 Å². The van der Waals surface area contributed by atoms with Crippen molar-refractivity contribution in [1.29, 1.82) is 0 Å². The zero-order valence-corrected chi connectivity index (χ0v) is 20.0. The molecule has 9 heteroatoms. The van der Waals surface area contributed by atoms with Crippen molar-refractivity contribution in [3.63, 3.8) is 0 Å². The van der Waals surface area contributed by atoms with Crippen LogP contribution < -0.4 is 4.90 Å². The normalized spacial score (nSPS) is 16.4. The number of aromatic nitrogens is 3. The minimum Gasteiger partial charge on any atom is -0.467 e. The molecule has 0 spiro atoms. The number of hydrogen-bond acceptors (Lipinski definition) is 7. The Kier molecular flexibility index (Phi) is 7.31. The zero-order chi connectivity index (χ0) is 23.2. The highest BCUT2D eigenvalue weighted by Gasteiger charge is 2.25. The molecule has 0 radical (unpaired) electrons. The molecule has 0 bridgehead atoms. The van der Waals surface area contributed by atoms with Crippen LogP contribution >= 0.6 is 11.8 Å². The van der Waals surface area contributed by atoms with Crippen molar-refractivity contribution < 1.29 is 13.9 Å². The summed E-state index contributed by atoms with van der Waals surface area (Å²) in [5.74, 6) is 1.88. The van der Waals surface area contributed by atoms with E-state index < -0.39 is 0 Å². The summed E-state index contributed by atoms with van der Waals surface area (Å²) < 4.78 is 13.1. The monoisotopic (exact) mass is 479 g/mol. The van der Waals surface area contributed by atoms with Gasteiger partial charge in [-0.15, -0.1) is 10.2 Å². The summed E-state index contributed by atoms with van der Waals surface area (Å²) in [5, 5.41) is 9.68. The van der Waals surface area contributed by atoms with Crippen LogP contribution in [-0.4, -0.2) is 57.6 Å². The molecule has 1 saturated heterocycles. The highest BCUT2D eigenvalue weighted by Crippen LogP contribution is 2.29. The maximum absolute atomic E-state index is 13.4. The predicted octanol–water partition coefficient (Wildman–Crippen LogP) is 4.28. The molecule has 0 N–H and O–H groups in total. The third-order valence-corrected chi connectivity index (χ3v) is 6.97. The molecule has 3 aromatic rings. The van der Waals surface area contributed by atoms with E-state index in [4.69, 9.17) is 9.15 Å². The topological polar surface area (TPSA) is 76.6 Å². The van der Waals surface area contributed by atoms with E-state index in [0.29, 0.717) is 24.9 Å².